The third kappa shape index (κ3) is 13.4. The van der Waals surface area contributed by atoms with E-state index in [9.17, 15) is 29.1 Å². The lowest BCUT2D eigenvalue weighted by atomic mass is 10.0. The molecule has 0 aromatic heterocycles. The minimum absolute atomic E-state index is 0.413. The van der Waals surface area contributed by atoms with Crippen molar-refractivity contribution in [1.29, 1.82) is 0 Å². The standard InChI is InChI=1S/C23H40N2O10/c1-12(2)15(24-20(30)34-22(5,6)7)18(28)32-11-14(17(26)27)33-19(29)16(13(3)4)25-21(31)35-23(8,9)10/h12-16H,11H2,1-10H3,(H,24,30)(H,25,31)(H,26,27)/t14?,15-,16-/m0/s1. The molecule has 0 saturated heterocycles. The zero-order valence-corrected chi connectivity index (χ0v) is 22.2. The number of carbonyl (C=O) groups is 5. The number of hydrogen-bond donors (Lipinski definition) is 3. The Bertz CT molecular complexity index is 765. The molecule has 0 aromatic rings. The Kier molecular flexibility index (Phi) is 12.0. The van der Waals surface area contributed by atoms with Crippen LogP contribution in [0.5, 0.6) is 0 Å². The number of esters is 2. The predicted octanol–water partition coefficient (Wildman–Crippen LogP) is 2.62. The van der Waals surface area contributed by atoms with Gasteiger partial charge in [-0.3, -0.25) is 0 Å². The summed E-state index contributed by atoms with van der Waals surface area (Å²) in [6.45, 7) is 15.6. The summed E-state index contributed by atoms with van der Waals surface area (Å²) < 4.78 is 20.3. The number of nitrogens with one attached hydrogen (secondary N) is 2. The van der Waals surface area contributed by atoms with E-state index >= 15 is 0 Å². The van der Waals surface area contributed by atoms with Gasteiger partial charge in [0, 0.05) is 0 Å². The van der Waals surface area contributed by atoms with Crippen LogP contribution in [-0.4, -0.2) is 71.2 Å². The average molecular weight is 505 g/mol. The lowest BCUT2D eigenvalue weighted by Gasteiger charge is -2.26. The SMILES string of the molecule is CC(C)[C@H](NC(=O)OC(C)(C)C)C(=O)OCC(OC(=O)[C@@H](NC(=O)OC(C)(C)C)C(C)C)C(=O)O. The molecule has 0 aliphatic heterocycles. The molecular formula is C23H40N2O10. The van der Waals surface area contributed by atoms with Gasteiger partial charge in [-0.25, -0.2) is 24.0 Å². The van der Waals surface area contributed by atoms with E-state index in [-0.39, 0.29) is 0 Å². The minimum Gasteiger partial charge on any atom is -0.478 e. The van der Waals surface area contributed by atoms with Gasteiger partial charge in [0.25, 0.3) is 0 Å². The zero-order chi connectivity index (χ0) is 27.7. The van der Waals surface area contributed by atoms with E-state index < -0.39 is 77.9 Å². The molecule has 0 saturated carbocycles. The van der Waals surface area contributed by atoms with Crippen molar-refractivity contribution in [1.82, 2.24) is 10.6 Å². The molecule has 0 aliphatic carbocycles. The summed E-state index contributed by atoms with van der Waals surface area (Å²) in [5.41, 5.74) is -1.61. The van der Waals surface area contributed by atoms with Crippen LogP contribution in [0.15, 0.2) is 0 Å². The van der Waals surface area contributed by atoms with Gasteiger partial charge in [-0.15, -0.1) is 0 Å². The van der Waals surface area contributed by atoms with Crippen molar-refractivity contribution in [3.05, 3.63) is 0 Å². The summed E-state index contributed by atoms with van der Waals surface area (Å²) in [6, 6.07) is -2.34. The smallest absolute Gasteiger partial charge is 0.408 e. The maximum absolute atomic E-state index is 12.6. The second-order valence-corrected chi connectivity index (χ2v) is 10.6. The molecule has 3 atom stereocenters. The van der Waals surface area contributed by atoms with Crippen LogP contribution < -0.4 is 10.6 Å². The van der Waals surface area contributed by atoms with Gasteiger partial charge < -0.3 is 34.7 Å². The number of hydrogen-bond acceptors (Lipinski definition) is 9. The van der Waals surface area contributed by atoms with E-state index in [4.69, 9.17) is 18.9 Å². The number of rotatable bonds is 10. The summed E-state index contributed by atoms with van der Waals surface area (Å²) in [4.78, 5) is 60.8. The second kappa shape index (κ2) is 13.1. The maximum atomic E-state index is 12.6. The lowest BCUT2D eigenvalue weighted by Crippen LogP contribution is -2.50. The molecule has 202 valence electrons. The quantitative estimate of drug-likeness (QED) is 0.297. The van der Waals surface area contributed by atoms with Gasteiger partial charge in [0.15, 0.2) is 0 Å². The van der Waals surface area contributed by atoms with Crippen molar-refractivity contribution < 1.29 is 48.0 Å². The van der Waals surface area contributed by atoms with Crippen molar-refractivity contribution in [2.45, 2.75) is 98.6 Å². The molecule has 12 nitrogen and oxygen atoms in total. The van der Waals surface area contributed by atoms with Gasteiger partial charge in [-0.05, 0) is 53.4 Å². The number of aliphatic carboxylic acids is 1. The minimum atomic E-state index is -1.84. The Morgan fingerprint density at radius 1 is 0.714 bits per heavy atom. The summed E-state index contributed by atoms with van der Waals surface area (Å²) >= 11 is 0. The van der Waals surface area contributed by atoms with Crippen LogP contribution in [0.2, 0.25) is 0 Å². The van der Waals surface area contributed by atoms with Crippen molar-refractivity contribution >= 4 is 30.1 Å². The molecule has 0 fully saturated rings. The van der Waals surface area contributed by atoms with E-state index in [1.807, 2.05) is 0 Å². The van der Waals surface area contributed by atoms with Crippen LogP contribution in [0.3, 0.4) is 0 Å². The molecular weight excluding hydrogens is 464 g/mol. The van der Waals surface area contributed by atoms with E-state index in [0.29, 0.717) is 0 Å². The monoisotopic (exact) mass is 504 g/mol. The number of carboxylic acid groups (broad SMARTS) is 1. The Hall–Kier alpha value is -3.05. The Balaban J connectivity index is 5.24. The molecule has 0 aromatic carbocycles. The van der Waals surface area contributed by atoms with Crippen molar-refractivity contribution in [2.24, 2.45) is 11.8 Å². The van der Waals surface area contributed by atoms with Crippen LogP contribution in [0, 0.1) is 11.8 Å². The molecule has 0 spiro atoms. The molecule has 35 heavy (non-hydrogen) atoms. The van der Waals surface area contributed by atoms with Gasteiger partial charge in [-0.2, -0.15) is 0 Å². The largest absolute Gasteiger partial charge is 0.478 e. The molecule has 0 heterocycles. The summed E-state index contributed by atoms with van der Waals surface area (Å²) in [5, 5.41) is 14.2. The van der Waals surface area contributed by atoms with Gasteiger partial charge in [-0.1, -0.05) is 27.7 Å². The summed E-state index contributed by atoms with van der Waals surface area (Å²) in [6.07, 6.45) is -3.57. The van der Waals surface area contributed by atoms with Crippen LogP contribution >= 0.6 is 0 Å². The Morgan fingerprint density at radius 3 is 1.40 bits per heavy atom. The fourth-order valence-corrected chi connectivity index (χ4v) is 2.48. The van der Waals surface area contributed by atoms with Gasteiger partial charge in [0.05, 0.1) is 0 Å². The summed E-state index contributed by atoms with van der Waals surface area (Å²) in [5.74, 6) is -4.41. The first-order chi connectivity index (χ1) is 15.7. The van der Waals surface area contributed by atoms with Gasteiger partial charge >= 0.3 is 30.1 Å². The first-order valence-corrected chi connectivity index (χ1v) is 11.3. The van der Waals surface area contributed by atoms with Crippen molar-refractivity contribution in [3.63, 3.8) is 0 Å². The van der Waals surface area contributed by atoms with Crippen molar-refractivity contribution in [3.8, 4) is 0 Å². The molecule has 0 radical (unpaired) electrons. The van der Waals surface area contributed by atoms with Crippen LogP contribution in [-0.2, 0) is 33.3 Å². The average Bonchev–Trinajstić information content (AvgIpc) is 2.63. The molecule has 0 rings (SSSR count). The highest BCUT2D eigenvalue weighted by Gasteiger charge is 2.34. The van der Waals surface area contributed by atoms with E-state index in [0.717, 1.165) is 0 Å². The van der Waals surface area contributed by atoms with E-state index in [1.165, 1.54) is 0 Å². The molecule has 1 unspecified atom stereocenters. The van der Waals surface area contributed by atoms with Crippen LogP contribution in [0.1, 0.15) is 69.2 Å². The normalized spacial score (nSPS) is 14.4. The predicted molar refractivity (Wildman–Crippen MR) is 124 cm³/mol. The second-order valence-electron chi connectivity index (χ2n) is 10.6. The number of amides is 2. The van der Waals surface area contributed by atoms with Gasteiger partial charge in [0.2, 0.25) is 6.10 Å². The highest BCUT2D eigenvalue weighted by Crippen LogP contribution is 2.12. The van der Waals surface area contributed by atoms with E-state index in [1.54, 1.807) is 69.2 Å². The third-order valence-corrected chi connectivity index (χ3v) is 4.10. The molecule has 3 N–H and O–H groups in total. The maximum Gasteiger partial charge on any atom is 0.408 e. The zero-order valence-electron chi connectivity index (χ0n) is 22.2. The number of alkyl carbamates (subject to hydrolysis) is 2. The summed E-state index contributed by atoms with van der Waals surface area (Å²) in [7, 11) is 0. The number of ether oxygens (including phenoxy) is 4. The first kappa shape index (κ1) is 31.9. The molecule has 2 amide bonds. The Labute approximate surface area is 206 Å². The first-order valence-electron chi connectivity index (χ1n) is 11.3. The van der Waals surface area contributed by atoms with Gasteiger partial charge in [0.1, 0.15) is 29.9 Å². The van der Waals surface area contributed by atoms with E-state index in [2.05, 4.69) is 10.6 Å². The third-order valence-electron chi connectivity index (χ3n) is 4.10. The number of carboxylic acids is 1. The molecule has 0 aliphatic rings. The topological polar surface area (TPSA) is 167 Å². The highest BCUT2D eigenvalue weighted by atomic mass is 16.6. The van der Waals surface area contributed by atoms with Crippen LogP contribution in [0.25, 0.3) is 0 Å². The van der Waals surface area contributed by atoms with Crippen molar-refractivity contribution in [2.75, 3.05) is 6.61 Å². The molecule has 12 heteroatoms. The Morgan fingerprint density at radius 2 is 1.09 bits per heavy atom. The lowest BCUT2D eigenvalue weighted by molar-refractivity contribution is -0.173. The highest BCUT2D eigenvalue weighted by molar-refractivity contribution is 5.85. The molecule has 0 bridgehead atoms. The van der Waals surface area contributed by atoms with Crippen LogP contribution in [0.4, 0.5) is 9.59 Å². The number of carbonyl (C=O) groups excluding carboxylic acids is 4. The fraction of sp³-hybridized carbons (Fsp3) is 0.783. The fourth-order valence-electron chi connectivity index (χ4n) is 2.48.